The summed E-state index contributed by atoms with van der Waals surface area (Å²) in [6.07, 6.45) is 1.95. The third-order valence-electron chi connectivity index (χ3n) is 1.43. The second-order valence-corrected chi connectivity index (χ2v) is 5.08. The first-order chi connectivity index (χ1) is 6.83. The summed E-state index contributed by atoms with van der Waals surface area (Å²) >= 11 is 0. The lowest BCUT2D eigenvalue weighted by Crippen LogP contribution is -2.20. The van der Waals surface area contributed by atoms with E-state index in [9.17, 15) is 0 Å². The van der Waals surface area contributed by atoms with Crippen LogP contribution in [-0.2, 0) is 0 Å². The molecule has 0 aliphatic carbocycles. The van der Waals surface area contributed by atoms with Gasteiger partial charge in [-0.05, 0) is 19.1 Å². The van der Waals surface area contributed by atoms with Crippen LogP contribution in [0.3, 0.4) is 0 Å². The number of rotatable bonds is 5. The van der Waals surface area contributed by atoms with Crippen molar-refractivity contribution >= 4 is 21.6 Å². The van der Waals surface area contributed by atoms with Crippen molar-refractivity contribution in [2.75, 3.05) is 7.05 Å². The van der Waals surface area contributed by atoms with Gasteiger partial charge in [0.05, 0.1) is 0 Å². The average molecular weight is 226 g/mol. The highest BCUT2D eigenvalue weighted by molar-refractivity contribution is 8.78. The van der Waals surface area contributed by atoms with E-state index < -0.39 is 0 Å². The predicted molar refractivity (Wildman–Crippen MR) is 65.8 cm³/mol. The summed E-state index contributed by atoms with van der Waals surface area (Å²) in [7, 11) is 5.35. The molecule has 0 spiro atoms. The summed E-state index contributed by atoms with van der Waals surface area (Å²) in [4.78, 5) is 2.50. The molecular weight excluding hydrogens is 212 g/mol. The summed E-state index contributed by atoms with van der Waals surface area (Å²) < 4.78 is 0. The second-order valence-electron chi connectivity index (χ2n) is 2.63. The van der Waals surface area contributed by atoms with Gasteiger partial charge in [0.1, 0.15) is 0 Å². The molecule has 0 amide bonds. The Balaban J connectivity index is 2.34. The standard InChI is InChI=1S/C10H14N2S2/c1-9(8-12-11-2)13-14-10-6-4-3-5-7-10/h3-8,11-12H,1-2H3/b9-8+. The van der Waals surface area contributed by atoms with Crippen LogP contribution in [0.25, 0.3) is 0 Å². The Kier molecular flexibility index (Phi) is 5.59. The number of hydrazine groups is 1. The molecule has 1 rings (SSSR count). The number of benzene rings is 1. The Morgan fingerprint density at radius 2 is 2.00 bits per heavy atom. The maximum atomic E-state index is 2.94. The molecule has 0 saturated heterocycles. The quantitative estimate of drug-likeness (QED) is 0.595. The monoisotopic (exact) mass is 226 g/mol. The second kappa shape index (κ2) is 6.81. The zero-order valence-electron chi connectivity index (χ0n) is 8.28. The predicted octanol–water partition coefficient (Wildman–Crippen LogP) is 3.01. The molecule has 2 N–H and O–H groups in total. The lowest BCUT2D eigenvalue weighted by Gasteiger charge is -2.01. The Morgan fingerprint density at radius 1 is 1.29 bits per heavy atom. The molecule has 0 unspecified atom stereocenters. The van der Waals surface area contributed by atoms with Crippen LogP contribution < -0.4 is 10.9 Å². The van der Waals surface area contributed by atoms with E-state index in [4.69, 9.17) is 0 Å². The SMILES string of the molecule is CNN/C=C(\C)SSc1ccccc1. The van der Waals surface area contributed by atoms with Crippen molar-refractivity contribution < 1.29 is 0 Å². The van der Waals surface area contributed by atoms with Crippen LogP contribution in [0.5, 0.6) is 0 Å². The summed E-state index contributed by atoms with van der Waals surface area (Å²) in [6, 6.07) is 10.3. The van der Waals surface area contributed by atoms with E-state index in [0.717, 1.165) is 0 Å². The van der Waals surface area contributed by atoms with Gasteiger partial charge in [0.25, 0.3) is 0 Å². The van der Waals surface area contributed by atoms with Crippen molar-refractivity contribution in [1.82, 2.24) is 10.9 Å². The molecule has 0 bridgehead atoms. The largest absolute Gasteiger partial charge is 0.328 e. The molecular formula is C10H14N2S2. The molecule has 76 valence electrons. The van der Waals surface area contributed by atoms with Gasteiger partial charge in [0.2, 0.25) is 0 Å². The number of hydrogen-bond acceptors (Lipinski definition) is 4. The Morgan fingerprint density at radius 3 is 2.64 bits per heavy atom. The van der Waals surface area contributed by atoms with Gasteiger partial charge in [-0.1, -0.05) is 39.8 Å². The Hall–Kier alpha value is -0.580. The van der Waals surface area contributed by atoms with Gasteiger partial charge in [-0.2, -0.15) is 0 Å². The van der Waals surface area contributed by atoms with Crippen LogP contribution in [0.15, 0.2) is 46.3 Å². The van der Waals surface area contributed by atoms with Crippen LogP contribution in [0, 0.1) is 0 Å². The van der Waals surface area contributed by atoms with Gasteiger partial charge in [0, 0.05) is 23.0 Å². The van der Waals surface area contributed by atoms with Crippen LogP contribution >= 0.6 is 21.6 Å². The van der Waals surface area contributed by atoms with Crippen molar-refractivity contribution in [2.24, 2.45) is 0 Å². The highest BCUT2D eigenvalue weighted by Gasteiger charge is 1.94. The number of nitrogens with one attached hydrogen (secondary N) is 2. The molecule has 0 fully saturated rings. The molecule has 0 heterocycles. The van der Waals surface area contributed by atoms with Crippen molar-refractivity contribution in [1.29, 1.82) is 0 Å². The fourth-order valence-corrected chi connectivity index (χ4v) is 2.55. The third kappa shape index (κ3) is 4.60. The van der Waals surface area contributed by atoms with E-state index in [0.29, 0.717) is 0 Å². The van der Waals surface area contributed by atoms with Gasteiger partial charge in [0.15, 0.2) is 0 Å². The average Bonchev–Trinajstić information content (AvgIpc) is 2.25. The van der Waals surface area contributed by atoms with Gasteiger partial charge in [-0.15, -0.1) is 0 Å². The van der Waals surface area contributed by atoms with E-state index in [1.165, 1.54) is 9.80 Å². The van der Waals surface area contributed by atoms with Crippen molar-refractivity contribution in [3.63, 3.8) is 0 Å². The molecule has 0 radical (unpaired) electrons. The van der Waals surface area contributed by atoms with Crippen LogP contribution in [0.1, 0.15) is 6.92 Å². The van der Waals surface area contributed by atoms with Crippen LogP contribution in [0.4, 0.5) is 0 Å². The summed E-state index contributed by atoms with van der Waals surface area (Å²) in [5.41, 5.74) is 5.79. The summed E-state index contributed by atoms with van der Waals surface area (Å²) in [5, 5.41) is 0. The Bertz CT molecular complexity index is 285. The fraction of sp³-hybridized carbons (Fsp3) is 0.200. The normalized spacial score (nSPS) is 11.4. The maximum Gasteiger partial charge on any atom is 0.0226 e. The molecule has 0 saturated carbocycles. The molecule has 2 nitrogen and oxygen atoms in total. The zero-order chi connectivity index (χ0) is 10.2. The minimum Gasteiger partial charge on any atom is -0.328 e. The minimum absolute atomic E-state index is 1.23. The van der Waals surface area contributed by atoms with E-state index in [1.807, 2.05) is 31.4 Å². The van der Waals surface area contributed by atoms with E-state index >= 15 is 0 Å². The van der Waals surface area contributed by atoms with Gasteiger partial charge in [-0.3, -0.25) is 0 Å². The van der Waals surface area contributed by atoms with Crippen molar-refractivity contribution in [3.05, 3.63) is 41.4 Å². The molecule has 0 aliphatic heterocycles. The van der Waals surface area contributed by atoms with E-state index in [-0.39, 0.29) is 0 Å². The maximum absolute atomic E-state index is 2.94. The first-order valence-corrected chi connectivity index (χ1v) is 6.46. The van der Waals surface area contributed by atoms with Crippen molar-refractivity contribution in [3.8, 4) is 0 Å². The first-order valence-electron chi connectivity index (χ1n) is 4.31. The minimum atomic E-state index is 1.23. The fourth-order valence-electron chi connectivity index (χ4n) is 0.788. The Labute approximate surface area is 92.9 Å². The first kappa shape index (κ1) is 11.5. The van der Waals surface area contributed by atoms with E-state index in [1.54, 1.807) is 21.6 Å². The van der Waals surface area contributed by atoms with Crippen LogP contribution in [-0.4, -0.2) is 7.05 Å². The van der Waals surface area contributed by atoms with Crippen molar-refractivity contribution in [2.45, 2.75) is 11.8 Å². The number of allylic oxidation sites excluding steroid dienone is 1. The van der Waals surface area contributed by atoms with Gasteiger partial charge < -0.3 is 5.43 Å². The molecule has 0 atom stereocenters. The van der Waals surface area contributed by atoms with Gasteiger partial charge >= 0.3 is 0 Å². The molecule has 1 aromatic rings. The topological polar surface area (TPSA) is 24.1 Å². The lowest BCUT2D eigenvalue weighted by molar-refractivity contribution is 0.729. The van der Waals surface area contributed by atoms with Crippen LogP contribution in [0.2, 0.25) is 0 Å². The summed E-state index contributed by atoms with van der Waals surface area (Å²) in [6.45, 7) is 2.07. The highest BCUT2D eigenvalue weighted by atomic mass is 33.1. The lowest BCUT2D eigenvalue weighted by atomic mass is 10.4. The highest BCUT2D eigenvalue weighted by Crippen LogP contribution is 2.35. The van der Waals surface area contributed by atoms with Gasteiger partial charge in [-0.25, -0.2) is 5.43 Å². The molecule has 0 aliphatic rings. The molecule has 0 aromatic heterocycles. The molecule has 14 heavy (non-hydrogen) atoms. The molecule has 4 heteroatoms. The van der Waals surface area contributed by atoms with E-state index in [2.05, 4.69) is 29.9 Å². The molecule has 1 aromatic carbocycles. The summed E-state index contributed by atoms with van der Waals surface area (Å²) in [5.74, 6) is 0. The third-order valence-corrected chi connectivity index (χ3v) is 3.98. The number of hydrogen-bond donors (Lipinski definition) is 2. The smallest absolute Gasteiger partial charge is 0.0226 e. The zero-order valence-corrected chi connectivity index (χ0v) is 9.91.